The molecule has 0 aliphatic heterocycles. The van der Waals surface area contributed by atoms with Crippen LogP contribution in [0.5, 0.6) is 0 Å². The van der Waals surface area contributed by atoms with Crippen LogP contribution >= 0.6 is 22.7 Å². The van der Waals surface area contributed by atoms with Crippen LogP contribution in [-0.2, 0) is 4.79 Å². The van der Waals surface area contributed by atoms with Crippen molar-refractivity contribution in [3.63, 3.8) is 0 Å². The van der Waals surface area contributed by atoms with Gasteiger partial charge in [0.1, 0.15) is 5.01 Å². The van der Waals surface area contributed by atoms with Crippen LogP contribution in [0.3, 0.4) is 0 Å². The normalized spacial score (nSPS) is 11.5. The summed E-state index contributed by atoms with van der Waals surface area (Å²) < 4.78 is 0. The third kappa shape index (κ3) is 3.57. The monoisotopic (exact) mass is 356 g/mol. The van der Waals surface area contributed by atoms with E-state index in [0.717, 1.165) is 22.0 Å². The maximum Gasteiger partial charge on any atom is 0.229 e. The molecule has 1 aromatic carbocycles. The van der Waals surface area contributed by atoms with Crippen LogP contribution < -0.4 is 5.32 Å². The molecule has 1 N–H and O–H groups in total. The standard InChI is InChI=1S/C19H20N2OS2/c1-12-16(21-17(24-12)14-9-10-23-11-14)13-5-7-15(8-6-13)20-18(22)19(2,3)4/h5-11H,1-4H3,(H,20,22). The lowest BCUT2D eigenvalue weighted by Crippen LogP contribution is -2.27. The molecule has 2 heterocycles. The number of carbonyl (C=O) groups is 1. The van der Waals surface area contributed by atoms with Crippen molar-refractivity contribution in [2.24, 2.45) is 5.41 Å². The van der Waals surface area contributed by atoms with Gasteiger partial charge in [0.2, 0.25) is 5.91 Å². The van der Waals surface area contributed by atoms with Gasteiger partial charge in [0.05, 0.1) is 5.69 Å². The van der Waals surface area contributed by atoms with E-state index >= 15 is 0 Å². The average Bonchev–Trinajstić information content (AvgIpc) is 3.16. The number of rotatable bonds is 3. The molecule has 3 nitrogen and oxygen atoms in total. The highest BCUT2D eigenvalue weighted by atomic mass is 32.1. The lowest BCUT2D eigenvalue weighted by atomic mass is 9.95. The Labute approximate surface area is 150 Å². The van der Waals surface area contributed by atoms with E-state index in [1.807, 2.05) is 45.0 Å². The van der Waals surface area contributed by atoms with Gasteiger partial charge in [-0.1, -0.05) is 32.9 Å². The van der Waals surface area contributed by atoms with E-state index in [4.69, 9.17) is 4.98 Å². The molecule has 0 radical (unpaired) electrons. The van der Waals surface area contributed by atoms with Gasteiger partial charge in [0, 0.05) is 32.5 Å². The number of thiazole rings is 1. The minimum Gasteiger partial charge on any atom is -0.326 e. The Hall–Kier alpha value is -1.98. The van der Waals surface area contributed by atoms with Gasteiger partial charge in [0.15, 0.2) is 0 Å². The highest BCUT2D eigenvalue weighted by molar-refractivity contribution is 7.16. The molecular formula is C19H20N2OS2. The second kappa shape index (κ2) is 6.49. The van der Waals surface area contributed by atoms with E-state index in [0.29, 0.717) is 0 Å². The Bertz CT molecular complexity index is 841. The largest absolute Gasteiger partial charge is 0.326 e. The van der Waals surface area contributed by atoms with Crippen molar-refractivity contribution in [1.82, 2.24) is 4.98 Å². The highest BCUT2D eigenvalue weighted by Gasteiger charge is 2.21. The first-order valence-electron chi connectivity index (χ1n) is 7.76. The summed E-state index contributed by atoms with van der Waals surface area (Å²) in [6.45, 7) is 7.81. The van der Waals surface area contributed by atoms with Crippen LogP contribution in [0.2, 0.25) is 0 Å². The minimum absolute atomic E-state index is 0.0137. The first-order chi connectivity index (χ1) is 11.3. The summed E-state index contributed by atoms with van der Waals surface area (Å²) >= 11 is 3.39. The summed E-state index contributed by atoms with van der Waals surface area (Å²) in [5.41, 5.74) is 3.66. The number of nitrogens with one attached hydrogen (secondary N) is 1. The van der Waals surface area contributed by atoms with Gasteiger partial charge in [-0.05, 0) is 30.5 Å². The fourth-order valence-electron chi connectivity index (χ4n) is 2.20. The number of nitrogens with zero attached hydrogens (tertiary/aromatic N) is 1. The van der Waals surface area contributed by atoms with E-state index in [-0.39, 0.29) is 5.91 Å². The number of aryl methyl sites for hydroxylation is 1. The summed E-state index contributed by atoms with van der Waals surface area (Å²) in [4.78, 5) is 18.0. The predicted molar refractivity (Wildman–Crippen MR) is 104 cm³/mol. The van der Waals surface area contributed by atoms with Gasteiger partial charge in [0.25, 0.3) is 0 Å². The van der Waals surface area contributed by atoms with Crippen molar-refractivity contribution in [3.05, 3.63) is 46.0 Å². The van der Waals surface area contributed by atoms with Crippen molar-refractivity contribution in [2.75, 3.05) is 5.32 Å². The molecule has 0 fully saturated rings. The molecule has 0 saturated carbocycles. The van der Waals surface area contributed by atoms with Gasteiger partial charge in [-0.2, -0.15) is 11.3 Å². The molecule has 24 heavy (non-hydrogen) atoms. The number of aromatic nitrogens is 1. The van der Waals surface area contributed by atoms with Crippen molar-refractivity contribution in [2.45, 2.75) is 27.7 Å². The zero-order valence-corrected chi connectivity index (χ0v) is 15.8. The second-order valence-electron chi connectivity index (χ2n) is 6.72. The number of carbonyl (C=O) groups excluding carboxylic acids is 1. The Morgan fingerprint density at radius 3 is 2.38 bits per heavy atom. The van der Waals surface area contributed by atoms with Crippen molar-refractivity contribution in [1.29, 1.82) is 0 Å². The quantitative estimate of drug-likeness (QED) is 0.641. The van der Waals surface area contributed by atoms with E-state index < -0.39 is 5.41 Å². The third-order valence-electron chi connectivity index (χ3n) is 3.66. The second-order valence-corrected chi connectivity index (χ2v) is 8.70. The molecule has 0 bridgehead atoms. The molecular weight excluding hydrogens is 336 g/mol. The smallest absolute Gasteiger partial charge is 0.229 e. The lowest BCUT2D eigenvalue weighted by molar-refractivity contribution is -0.123. The Morgan fingerprint density at radius 2 is 1.79 bits per heavy atom. The van der Waals surface area contributed by atoms with Crippen LogP contribution in [0.25, 0.3) is 21.8 Å². The molecule has 3 aromatic rings. The molecule has 0 saturated heterocycles. The molecule has 3 rings (SSSR count). The fourth-order valence-corrected chi connectivity index (χ4v) is 3.85. The summed E-state index contributed by atoms with van der Waals surface area (Å²) in [7, 11) is 0. The molecule has 0 aliphatic carbocycles. The maximum absolute atomic E-state index is 12.1. The number of hydrogen-bond acceptors (Lipinski definition) is 4. The molecule has 5 heteroatoms. The molecule has 0 aliphatic rings. The topological polar surface area (TPSA) is 42.0 Å². The summed E-state index contributed by atoms with van der Waals surface area (Å²) in [6.07, 6.45) is 0. The van der Waals surface area contributed by atoms with E-state index in [1.54, 1.807) is 22.7 Å². The summed E-state index contributed by atoms with van der Waals surface area (Å²) in [6, 6.07) is 9.98. The van der Waals surface area contributed by atoms with Crippen molar-refractivity contribution in [3.8, 4) is 21.8 Å². The fraction of sp³-hybridized carbons (Fsp3) is 0.263. The van der Waals surface area contributed by atoms with Crippen LogP contribution in [-0.4, -0.2) is 10.9 Å². The Morgan fingerprint density at radius 1 is 1.08 bits per heavy atom. The minimum atomic E-state index is -0.403. The average molecular weight is 357 g/mol. The van der Waals surface area contributed by atoms with Crippen LogP contribution in [0.15, 0.2) is 41.1 Å². The number of thiophene rings is 1. The maximum atomic E-state index is 12.1. The number of hydrogen-bond donors (Lipinski definition) is 1. The number of anilines is 1. The molecule has 0 unspecified atom stereocenters. The number of amides is 1. The van der Waals surface area contributed by atoms with E-state index in [2.05, 4.69) is 29.1 Å². The third-order valence-corrected chi connectivity index (χ3v) is 5.37. The first-order valence-corrected chi connectivity index (χ1v) is 9.52. The van der Waals surface area contributed by atoms with Gasteiger partial charge in [-0.25, -0.2) is 4.98 Å². The molecule has 0 atom stereocenters. The Kier molecular flexibility index (Phi) is 4.56. The SMILES string of the molecule is Cc1sc(-c2ccsc2)nc1-c1ccc(NC(=O)C(C)(C)C)cc1. The molecule has 2 aromatic heterocycles. The molecule has 124 valence electrons. The Balaban J connectivity index is 1.83. The van der Waals surface area contributed by atoms with Gasteiger partial charge < -0.3 is 5.32 Å². The van der Waals surface area contributed by atoms with Gasteiger partial charge in [-0.3, -0.25) is 4.79 Å². The van der Waals surface area contributed by atoms with Crippen LogP contribution in [0.1, 0.15) is 25.6 Å². The summed E-state index contributed by atoms with van der Waals surface area (Å²) in [5.74, 6) is 0.0137. The van der Waals surface area contributed by atoms with Gasteiger partial charge in [-0.15, -0.1) is 11.3 Å². The molecule has 0 spiro atoms. The highest BCUT2D eigenvalue weighted by Crippen LogP contribution is 2.34. The van der Waals surface area contributed by atoms with Crippen LogP contribution in [0, 0.1) is 12.3 Å². The lowest BCUT2D eigenvalue weighted by Gasteiger charge is -2.17. The first kappa shape index (κ1) is 16.9. The van der Waals surface area contributed by atoms with Crippen molar-refractivity contribution < 1.29 is 4.79 Å². The van der Waals surface area contributed by atoms with Crippen molar-refractivity contribution >= 4 is 34.3 Å². The molecule has 1 amide bonds. The zero-order chi connectivity index (χ0) is 17.3. The zero-order valence-electron chi connectivity index (χ0n) is 14.2. The van der Waals surface area contributed by atoms with Gasteiger partial charge >= 0.3 is 0 Å². The van der Waals surface area contributed by atoms with E-state index in [1.165, 1.54) is 10.4 Å². The predicted octanol–water partition coefficient (Wildman–Crippen LogP) is 5.83. The number of benzene rings is 1. The summed E-state index contributed by atoms with van der Waals surface area (Å²) in [5, 5.41) is 8.18. The van der Waals surface area contributed by atoms with E-state index in [9.17, 15) is 4.79 Å². The van der Waals surface area contributed by atoms with Crippen LogP contribution in [0.4, 0.5) is 5.69 Å².